The minimum Gasteiger partial charge on any atom is -0.333 e. The molecule has 3 nitrogen and oxygen atoms in total. The van der Waals surface area contributed by atoms with Crippen molar-refractivity contribution in [1.29, 1.82) is 0 Å². The molecule has 1 aromatic heterocycles. The van der Waals surface area contributed by atoms with Crippen LogP contribution in [0.5, 0.6) is 5.75 Å². The number of aromatic nitrogens is 1. The predicted molar refractivity (Wildman–Crippen MR) is 52.1 cm³/mol. The molecule has 0 fully saturated rings. The molecule has 2 aromatic rings. The lowest BCUT2D eigenvalue weighted by atomic mass is 10.1. The molecule has 1 aliphatic rings. The Balaban J connectivity index is 2.29. The lowest BCUT2D eigenvalue weighted by Crippen LogP contribution is -2.50. The molecule has 0 spiro atoms. The minimum absolute atomic E-state index is 0.860. The molecule has 1 N–H and O–H groups in total. The highest BCUT2D eigenvalue weighted by Crippen LogP contribution is 2.28. The van der Waals surface area contributed by atoms with Crippen molar-refractivity contribution >= 4 is 0 Å². The van der Waals surface area contributed by atoms with Crippen molar-refractivity contribution in [1.82, 2.24) is 0 Å². The van der Waals surface area contributed by atoms with E-state index in [2.05, 4.69) is 5.59 Å². The predicted octanol–water partition coefficient (Wildman–Crippen LogP) is 1.49. The molecular formula is C11H9N2O+. The highest BCUT2D eigenvalue weighted by atomic mass is 16.7. The summed E-state index contributed by atoms with van der Waals surface area (Å²) in [6.07, 6.45) is 1.92. The lowest BCUT2D eigenvalue weighted by molar-refractivity contribution is -0.666. The first kappa shape index (κ1) is 7.38. The van der Waals surface area contributed by atoms with E-state index in [0.717, 1.165) is 17.0 Å². The molecule has 3 rings (SSSR count). The summed E-state index contributed by atoms with van der Waals surface area (Å²) in [6.45, 7) is 0. The van der Waals surface area contributed by atoms with Crippen molar-refractivity contribution in [3.63, 3.8) is 0 Å². The summed E-state index contributed by atoms with van der Waals surface area (Å²) in [5.74, 6) is 0.860. The first-order valence-electron chi connectivity index (χ1n) is 4.48. The van der Waals surface area contributed by atoms with Crippen LogP contribution in [0.25, 0.3) is 11.3 Å². The fourth-order valence-electron chi connectivity index (χ4n) is 1.61. The van der Waals surface area contributed by atoms with Gasteiger partial charge in [0.15, 0.2) is 5.75 Å². The van der Waals surface area contributed by atoms with Crippen LogP contribution in [0.4, 0.5) is 0 Å². The summed E-state index contributed by atoms with van der Waals surface area (Å²) >= 11 is 0. The minimum atomic E-state index is 0.860. The van der Waals surface area contributed by atoms with E-state index < -0.39 is 0 Å². The van der Waals surface area contributed by atoms with Crippen LogP contribution in [0.3, 0.4) is 0 Å². The molecule has 68 valence electrons. The van der Waals surface area contributed by atoms with E-state index in [0.29, 0.717) is 0 Å². The molecule has 1 aliphatic heterocycles. The van der Waals surface area contributed by atoms with E-state index in [9.17, 15) is 0 Å². The maximum Gasteiger partial charge on any atom is 0.249 e. The molecule has 0 unspecified atom stereocenters. The van der Waals surface area contributed by atoms with E-state index in [1.807, 2.05) is 53.3 Å². The van der Waals surface area contributed by atoms with Gasteiger partial charge in [-0.05, 0) is 28.5 Å². The number of rotatable bonds is 0. The summed E-state index contributed by atoms with van der Waals surface area (Å²) in [6, 6.07) is 14.0. The monoisotopic (exact) mass is 185 g/mol. The fraction of sp³-hybridized carbons (Fsp3) is 0. The van der Waals surface area contributed by atoms with E-state index >= 15 is 0 Å². The van der Waals surface area contributed by atoms with Gasteiger partial charge in [-0.3, -0.25) is 0 Å². The SMILES string of the molecule is c1ccc2c(c1)ON[n+]1ccccc1-2. The van der Waals surface area contributed by atoms with Crippen molar-refractivity contribution < 1.29 is 9.51 Å². The maximum atomic E-state index is 5.36. The molecule has 14 heavy (non-hydrogen) atoms. The third kappa shape index (κ3) is 0.956. The molecule has 0 bridgehead atoms. The number of nitrogens with one attached hydrogen (secondary N) is 1. The van der Waals surface area contributed by atoms with Crippen LogP contribution < -0.4 is 15.1 Å². The van der Waals surface area contributed by atoms with Crippen LogP contribution >= 0.6 is 0 Å². The van der Waals surface area contributed by atoms with Gasteiger partial charge >= 0.3 is 0 Å². The number of nitrogens with zero attached hydrogens (tertiary/aromatic N) is 1. The molecule has 0 aliphatic carbocycles. The number of hydrogen-bond acceptors (Lipinski definition) is 2. The van der Waals surface area contributed by atoms with Gasteiger partial charge in [-0.15, -0.1) is 0 Å². The largest absolute Gasteiger partial charge is 0.333 e. The van der Waals surface area contributed by atoms with Gasteiger partial charge in [0.1, 0.15) is 0 Å². The molecule has 0 amide bonds. The first-order chi connectivity index (χ1) is 6.95. The van der Waals surface area contributed by atoms with Crippen molar-refractivity contribution in [3.8, 4) is 17.0 Å². The van der Waals surface area contributed by atoms with Gasteiger partial charge < -0.3 is 4.84 Å². The van der Waals surface area contributed by atoms with Crippen LogP contribution in [0, 0.1) is 0 Å². The second kappa shape index (κ2) is 2.73. The van der Waals surface area contributed by atoms with Gasteiger partial charge in [-0.2, -0.15) is 0 Å². The Labute approximate surface area is 81.5 Å². The second-order valence-electron chi connectivity index (χ2n) is 3.15. The summed E-state index contributed by atoms with van der Waals surface area (Å²) in [7, 11) is 0. The van der Waals surface area contributed by atoms with E-state index in [-0.39, 0.29) is 0 Å². The van der Waals surface area contributed by atoms with Crippen molar-refractivity contribution in [2.45, 2.75) is 0 Å². The van der Waals surface area contributed by atoms with Crippen LogP contribution in [0.1, 0.15) is 0 Å². The maximum absolute atomic E-state index is 5.36. The lowest BCUT2D eigenvalue weighted by Gasteiger charge is -2.13. The van der Waals surface area contributed by atoms with Gasteiger partial charge in [0.05, 0.1) is 5.56 Å². The first-order valence-corrected chi connectivity index (χ1v) is 4.48. The average Bonchev–Trinajstić information content (AvgIpc) is 2.29. The number of para-hydroxylation sites is 1. The standard InChI is InChI=1S/C11H9N2O/c1-2-7-11-9(5-1)10-6-3-4-8-13(10)12-14-11/h1-8,12H/q+1. The third-order valence-corrected chi connectivity index (χ3v) is 2.28. The Morgan fingerprint density at radius 3 is 2.86 bits per heavy atom. The molecule has 0 saturated heterocycles. The van der Waals surface area contributed by atoms with Crippen LogP contribution in [0.15, 0.2) is 48.7 Å². The summed E-state index contributed by atoms with van der Waals surface area (Å²) in [4.78, 5) is 5.36. The molecule has 3 heteroatoms. The third-order valence-electron chi connectivity index (χ3n) is 2.28. The van der Waals surface area contributed by atoms with Crippen molar-refractivity contribution in [3.05, 3.63) is 48.7 Å². The molecule has 0 atom stereocenters. The Hall–Kier alpha value is -2.03. The summed E-state index contributed by atoms with van der Waals surface area (Å²) in [5, 5.41) is 0. The van der Waals surface area contributed by atoms with Gasteiger partial charge in [0, 0.05) is 12.1 Å². The van der Waals surface area contributed by atoms with Gasteiger partial charge in [-0.25, -0.2) is 0 Å². The Bertz CT molecular complexity index is 437. The summed E-state index contributed by atoms with van der Waals surface area (Å²) < 4.78 is 1.85. The van der Waals surface area contributed by atoms with E-state index in [4.69, 9.17) is 4.84 Å². The highest BCUT2D eigenvalue weighted by Gasteiger charge is 2.22. The Morgan fingerprint density at radius 1 is 1.00 bits per heavy atom. The summed E-state index contributed by atoms with van der Waals surface area (Å²) in [5.41, 5.74) is 5.04. The molecule has 0 saturated carbocycles. The van der Waals surface area contributed by atoms with Gasteiger partial charge in [0.2, 0.25) is 11.9 Å². The molecule has 0 radical (unpaired) electrons. The molecular weight excluding hydrogens is 176 g/mol. The van der Waals surface area contributed by atoms with Gasteiger partial charge in [-0.1, -0.05) is 12.1 Å². The zero-order chi connectivity index (χ0) is 9.38. The number of pyridine rings is 1. The zero-order valence-electron chi connectivity index (χ0n) is 7.47. The van der Waals surface area contributed by atoms with Gasteiger partial charge in [0.25, 0.3) is 0 Å². The number of hydrogen-bond donors (Lipinski definition) is 1. The van der Waals surface area contributed by atoms with Crippen LogP contribution in [0.2, 0.25) is 0 Å². The quantitative estimate of drug-likeness (QED) is 0.629. The zero-order valence-corrected chi connectivity index (χ0v) is 7.47. The second-order valence-corrected chi connectivity index (χ2v) is 3.15. The topological polar surface area (TPSA) is 25.1 Å². The Morgan fingerprint density at radius 2 is 1.86 bits per heavy atom. The normalized spacial score (nSPS) is 12.0. The smallest absolute Gasteiger partial charge is 0.249 e. The molecule has 2 heterocycles. The molecule has 1 aromatic carbocycles. The number of fused-ring (bicyclic) bond motifs is 3. The van der Waals surface area contributed by atoms with Crippen LogP contribution in [-0.4, -0.2) is 0 Å². The Kier molecular flexibility index (Phi) is 1.44. The average molecular weight is 185 g/mol. The van der Waals surface area contributed by atoms with Crippen LogP contribution in [-0.2, 0) is 0 Å². The fourth-order valence-corrected chi connectivity index (χ4v) is 1.61. The highest BCUT2D eigenvalue weighted by molar-refractivity contribution is 5.65. The van der Waals surface area contributed by atoms with Crippen molar-refractivity contribution in [2.24, 2.45) is 0 Å². The van der Waals surface area contributed by atoms with E-state index in [1.165, 1.54) is 0 Å². The van der Waals surface area contributed by atoms with Crippen molar-refractivity contribution in [2.75, 3.05) is 5.59 Å². The van der Waals surface area contributed by atoms with E-state index in [1.54, 1.807) is 0 Å². The number of benzene rings is 1.